The summed E-state index contributed by atoms with van der Waals surface area (Å²) in [5, 5.41) is 11.9. The van der Waals surface area contributed by atoms with E-state index in [9.17, 15) is 4.79 Å². The van der Waals surface area contributed by atoms with Crippen molar-refractivity contribution >= 4 is 11.7 Å². The van der Waals surface area contributed by atoms with Crippen molar-refractivity contribution < 1.29 is 4.79 Å². The van der Waals surface area contributed by atoms with Crippen LogP contribution in [-0.4, -0.2) is 17.0 Å². The quantitative estimate of drug-likeness (QED) is 0.847. The van der Waals surface area contributed by atoms with E-state index in [4.69, 9.17) is 11.0 Å². The summed E-state index contributed by atoms with van der Waals surface area (Å²) in [7, 11) is 0. The van der Waals surface area contributed by atoms with Crippen molar-refractivity contribution in [1.82, 2.24) is 9.88 Å². The van der Waals surface area contributed by atoms with E-state index in [0.717, 1.165) is 11.3 Å². The second-order valence-corrected chi connectivity index (χ2v) is 5.18. The first-order valence-electron chi connectivity index (χ1n) is 6.50. The Morgan fingerprint density at radius 1 is 1.47 bits per heavy atom. The molecule has 0 saturated heterocycles. The number of aromatic nitrogens is 1. The highest BCUT2D eigenvalue weighted by molar-refractivity contribution is 5.76. The first-order chi connectivity index (χ1) is 8.88. The molecular formula is C14H22N4O. The smallest absolute Gasteiger partial charge is 0.221 e. The van der Waals surface area contributed by atoms with Gasteiger partial charge in [0, 0.05) is 25.2 Å². The first-order valence-corrected chi connectivity index (χ1v) is 6.50. The number of nitrogens with zero attached hydrogens (tertiary/aromatic N) is 2. The topological polar surface area (TPSA) is 83.8 Å². The van der Waals surface area contributed by atoms with Crippen LogP contribution in [0.1, 0.15) is 37.1 Å². The summed E-state index contributed by atoms with van der Waals surface area (Å²) >= 11 is 0. The average Bonchev–Trinajstić information content (AvgIpc) is 2.56. The van der Waals surface area contributed by atoms with Gasteiger partial charge in [-0.1, -0.05) is 13.8 Å². The third kappa shape index (κ3) is 3.50. The van der Waals surface area contributed by atoms with Crippen molar-refractivity contribution in [2.24, 2.45) is 5.92 Å². The van der Waals surface area contributed by atoms with Crippen LogP contribution in [0.3, 0.4) is 0 Å². The van der Waals surface area contributed by atoms with Gasteiger partial charge in [0.25, 0.3) is 0 Å². The zero-order valence-electron chi connectivity index (χ0n) is 12.1. The largest absolute Gasteiger partial charge is 0.384 e. The molecule has 5 nitrogen and oxygen atoms in total. The molecule has 1 aromatic heterocycles. The second-order valence-electron chi connectivity index (χ2n) is 5.18. The molecule has 0 aromatic carbocycles. The van der Waals surface area contributed by atoms with Crippen LogP contribution < -0.4 is 11.1 Å². The number of nitrogen functional groups attached to an aromatic ring is 1. The summed E-state index contributed by atoms with van der Waals surface area (Å²) in [5.74, 6) is 0.904. The molecule has 0 aliphatic heterocycles. The van der Waals surface area contributed by atoms with Crippen LogP contribution in [-0.2, 0) is 11.3 Å². The predicted molar refractivity (Wildman–Crippen MR) is 75.5 cm³/mol. The number of nitrogens with two attached hydrogens (primary N) is 1. The van der Waals surface area contributed by atoms with Gasteiger partial charge in [0.15, 0.2) is 0 Å². The molecule has 19 heavy (non-hydrogen) atoms. The molecule has 0 unspecified atom stereocenters. The monoisotopic (exact) mass is 262 g/mol. The molecule has 0 aliphatic carbocycles. The highest BCUT2D eigenvalue weighted by atomic mass is 16.1. The third-order valence-corrected chi connectivity index (χ3v) is 3.25. The number of hydrogen-bond acceptors (Lipinski definition) is 3. The minimum atomic E-state index is 0.0114. The molecule has 0 radical (unpaired) electrons. The molecule has 104 valence electrons. The van der Waals surface area contributed by atoms with Gasteiger partial charge in [0.2, 0.25) is 5.91 Å². The summed E-state index contributed by atoms with van der Waals surface area (Å²) in [5.41, 5.74) is 8.29. The van der Waals surface area contributed by atoms with Crippen LogP contribution in [0, 0.1) is 31.1 Å². The Morgan fingerprint density at radius 2 is 2.11 bits per heavy atom. The van der Waals surface area contributed by atoms with E-state index < -0.39 is 0 Å². The Morgan fingerprint density at radius 3 is 2.58 bits per heavy atom. The van der Waals surface area contributed by atoms with Gasteiger partial charge >= 0.3 is 0 Å². The fourth-order valence-corrected chi connectivity index (χ4v) is 1.94. The summed E-state index contributed by atoms with van der Waals surface area (Å²) in [6.07, 6.45) is 0.372. The Balaban J connectivity index is 2.69. The Hall–Kier alpha value is -1.96. The zero-order chi connectivity index (χ0) is 14.6. The van der Waals surface area contributed by atoms with E-state index >= 15 is 0 Å². The molecule has 1 amide bonds. The number of hydrogen-bond donors (Lipinski definition) is 2. The van der Waals surface area contributed by atoms with E-state index in [1.807, 2.05) is 18.4 Å². The number of nitriles is 1. The van der Waals surface area contributed by atoms with Crippen molar-refractivity contribution in [2.75, 3.05) is 12.3 Å². The Bertz CT molecular complexity index is 508. The van der Waals surface area contributed by atoms with Crippen LogP contribution >= 0.6 is 0 Å². The SMILES string of the molecule is Cc1c(C#N)c(N)n(CCC(=O)NCC(C)C)c1C. The standard InChI is InChI=1S/C14H22N4O/c1-9(2)8-17-13(19)5-6-18-11(4)10(3)12(7-15)14(18)16/h9H,5-6,8,16H2,1-4H3,(H,17,19). The molecule has 0 aliphatic rings. The fourth-order valence-electron chi connectivity index (χ4n) is 1.94. The minimum Gasteiger partial charge on any atom is -0.384 e. The molecule has 0 spiro atoms. The second kappa shape index (κ2) is 6.28. The molecule has 0 fully saturated rings. The third-order valence-electron chi connectivity index (χ3n) is 3.25. The van der Waals surface area contributed by atoms with E-state index in [1.165, 1.54) is 0 Å². The van der Waals surface area contributed by atoms with E-state index in [-0.39, 0.29) is 5.91 Å². The molecule has 0 atom stereocenters. The number of anilines is 1. The molecule has 5 heteroatoms. The number of carbonyl (C=O) groups excluding carboxylic acids is 1. The van der Waals surface area contributed by atoms with Crippen LogP contribution in [0.5, 0.6) is 0 Å². The number of rotatable bonds is 5. The Kier molecular flexibility index (Phi) is 4.99. The van der Waals surface area contributed by atoms with Crippen molar-refractivity contribution in [1.29, 1.82) is 5.26 Å². The highest BCUT2D eigenvalue weighted by Gasteiger charge is 2.15. The van der Waals surface area contributed by atoms with Gasteiger partial charge in [-0.3, -0.25) is 4.79 Å². The average molecular weight is 262 g/mol. The van der Waals surface area contributed by atoms with Gasteiger partial charge in [0.1, 0.15) is 11.9 Å². The van der Waals surface area contributed by atoms with E-state index in [2.05, 4.69) is 25.2 Å². The minimum absolute atomic E-state index is 0.0114. The van der Waals surface area contributed by atoms with Crippen molar-refractivity contribution in [3.63, 3.8) is 0 Å². The molecular weight excluding hydrogens is 240 g/mol. The summed E-state index contributed by atoms with van der Waals surface area (Å²) < 4.78 is 1.84. The lowest BCUT2D eigenvalue weighted by molar-refractivity contribution is -0.121. The van der Waals surface area contributed by atoms with Crippen LogP contribution in [0.2, 0.25) is 0 Å². The highest BCUT2D eigenvalue weighted by Crippen LogP contribution is 2.23. The van der Waals surface area contributed by atoms with Crippen molar-refractivity contribution in [3.8, 4) is 6.07 Å². The van der Waals surface area contributed by atoms with Gasteiger partial charge in [0.05, 0.1) is 5.56 Å². The summed E-state index contributed by atoms with van der Waals surface area (Å²) in [4.78, 5) is 11.7. The van der Waals surface area contributed by atoms with Crippen LogP contribution in [0.15, 0.2) is 0 Å². The maximum Gasteiger partial charge on any atom is 0.221 e. The number of carbonyl (C=O) groups is 1. The maximum atomic E-state index is 11.7. The number of amides is 1. The van der Waals surface area contributed by atoms with Gasteiger partial charge in [-0.05, 0) is 25.3 Å². The lowest BCUT2D eigenvalue weighted by Crippen LogP contribution is -2.28. The van der Waals surface area contributed by atoms with Crippen LogP contribution in [0.4, 0.5) is 5.82 Å². The molecule has 0 saturated carbocycles. The van der Waals surface area contributed by atoms with Gasteiger partial charge < -0.3 is 15.6 Å². The number of nitrogens with one attached hydrogen (secondary N) is 1. The molecule has 3 N–H and O–H groups in total. The molecule has 1 rings (SSSR count). The molecule has 1 heterocycles. The molecule has 0 bridgehead atoms. The fraction of sp³-hybridized carbons (Fsp3) is 0.571. The van der Waals surface area contributed by atoms with Gasteiger partial charge in [-0.15, -0.1) is 0 Å². The summed E-state index contributed by atoms with van der Waals surface area (Å²) in [6.45, 7) is 9.08. The van der Waals surface area contributed by atoms with E-state index in [1.54, 1.807) is 0 Å². The van der Waals surface area contributed by atoms with Gasteiger partial charge in [-0.25, -0.2) is 0 Å². The lowest BCUT2D eigenvalue weighted by atomic mass is 10.2. The zero-order valence-corrected chi connectivity index (χ0v) is 12.1. The van der Waals surface area contributed by atoms with Crippen molar-refractivity contribution in [2.45, 2.75) is 40.7 Å². The van der Waals surface area contributed by atoms with E-state index in [0.29, 0.717) is 36.8 Å². The van der Waals surface area contributed by atoms with Crippen molar-refractivity contribution in [3.05, 3.63) is 16.8 Å². The summed E-state index contributed by atoms with van der Waals surface area (Å²) in [6, 6.07) is 2.11. The van der Waals surface area contributed by atoms with Gasteiger partial charge in [-0.2, -0.15) is 5.26 Å². The first kappa shape index (κ1) is 15.1. The lowest BCUT2D eigenvalue weighted by Gasteiger charge is -2.10. The van der Waals surface area contributed by atoms with Crippen LogP contribution in [0.25, 0.3) is 0 Å². The maximum absolute atomic E-state index is 11.7. The molecule has 1 aromatic rings. The Labute approximate surface area is 114 Å². The predicted octanol–water partition coefficient (Wildman–Crippen LogP) is 1.72. The normalized spacial score (nSPS) is 10.5.